The minimum atomic E-state index is -0.914. The summed E-state index contributed by atoms with van der Waals surface area (Å²) in [5, 5.41) is 9.13. The Morgan fingerprint density at radius 2 is 2.39 bits per heavy atom. The number of ether oxygens (including phenoxy) is 1. The Hall–Kier alpha value is -1.17. The molecule has 0 spiro atoms. The first-order valence-electron chi connectivity index (χ1n) is 5.56. The molecule has 0 radical (unpaired) electrons. The van der Waals surface area contributed by atoms with Crippen molar-refractivity contribution in [3.05, 3.63) is 34.6 Å². The van der Waals surface area contributed by atoms with Crippen LogP contribution in [0.3, 0.4) is 0 Å². The summed E-state index contributed by atoms with van der Waals surface area (Å²) in [6.07, 6.45) is 0. The molecule has 1 unspecified atom stereocenters. The van der Waals surface area contributed by atoms with E-state index in [2.05, 4.69) is 0 Å². The molecule has 4 nitrogen and oxygen atoms in total. The molecule has 0 aromatic heterocycles. The average Bonchev–Trinajstić information content (AvgIpc) is 2.34. The molecule has 0 saturated carbocycles. The number of hydrogen-bond acceptors (Lipinski definition) is 3. The quantitative estimate of drug-likeness (QED) is 0.912. The van der Waals surface area contributed by atoms with Gasteiger partial charge < -0.3 is 9.84 Å². The second kappa shape index (κ2) is 5.65. The van der Waals surface area contributed by atoms with Crippen molar-refractivity contribution in [1.82, 2.24) is 4.90 Å². The second-order valence-corrected chi connectivity index (χ2v) is 4.56. The summed E-state index contributed by atoms with van der Waals surface area (Å²) in [5.41, 5.74) is 0.787. The fourth-order valence-corrected chi connectivity index (χ4v) is 2.13. The lowest BCUT2D eigenvalue weighted by atomic mass is 10.1. The van der Waals surface area contributed by atoms with Crippen LogP contribution in [0.25, 0.3) is 0 Å². The molecule has 18 heavy (non-hydrogen) atoms. The number of rotatable bonds is 3. The van der Waals surface area contributed by atoms with Gasteiger partial charge in [0, 0.05) is 13.1 Å². The van der Waals surface area contributed by atoms with E-state index in [1.165, 1.54) is 12.1 Å². The van der Waals surface area contributed by atoms with Crippen molar-refractivity contribution < 1.29 is 19.0 Å². The van der Waals surface area contributed by atoms with Gasteiger partial charge in [0.15, 0.2) is 0 Å². The van der Waals surface area contributed by atoms with E-state index >= 15 is 0 Å². The lowest BCUT2D eigenvalue weighted by molar-refractivity contribution is -0.150. The summed E-state index contributed by atoms with van der Waals surface area (Å²) in [7, 11) is 0. The maximum Gasteiger partial charge on any atom is 0.323 e. The van der Waals surface area contributed by atoms with E-state index in [1.807, 2.05) is 0 Å². The van der Waals surface area contributed by atoms with Gasteiger partial charge in [-0.1, -0.05) is 17.7 Å². The van der Waals surface area contributed by atoms with Crippen LogP contribution >= 0.6 is 11.6 Å². The Morgan fingerprint density at radius 1 is 1.61 bits per heavy atom. The van der Waals surface area contributed by atoms with Crippen molar-refractivity contribution in [2.45, 2.75) is 12.6 Å². The van der Waals surface area contributed by atoms with Crippen molar-refractivity contribution in [1.29, 1.82) is 0 Å². The predicted molar refractivity (Wildman–Crippen MR) is 64.1 cm³/mol. The van der Waals surface area contributed by atoms with E-state index in [0.717, 1.165) is 5.56 Å². The van der Waals surface area contributed by atoms with Crippen LogP contribution in [0.15, 0.2) is 18.2 Å². The van der Waals surface area contributed by atoms with Crippen LogP contribution in [0.5, 0.6) is 0 Å². The van der Waals surface area contributed by atoms with Crippen LogP contribution in [0.4, 0.5) is 4.39 Å². The first kappa shape index (κ1) is 13.3. The molecule has 1 heterocycles. The monoisotopic (exact) mass is 273 g/mol. The number of morpholine rings is 1. The van der Waals surface area contributed by atoms with Gasteiger partial charge in [-0.3, -0.25) is 9.69 Å². The average molecular weight is 274 g/mol. The zero-order chi connectivity index (χ0) is 13.1. The van der Waals surface area contributed by atoms with Crippen molar-refractivity contribution in [3.63, 3.8) is 0 Å². The molecule has 0 bridgehead atoms. The van der Waals surface area contributed by atoms with E-state index in [9.17, 15) is 9.18 Å². The fraction of sp³-hybridized carbons (Fsp3) is 0.417. The number of carboxylic acids is 1. The highest BCUT2D eigenvalue weighted by atomic mass is 35.5. The largest absolute Gasteiger partial charge is 0.480 e. The number of carboxylic acid groups (broad SMARTS) is 1. The highest BCUT2D eigenvalue weighted by Gasteiger charge is 2.29. The lowest BCUT2D eigenvalue weighted by Gasteiger charge is -2.32. The van der Waals surface area contributed by atoms with E-state index in [1.54, 1.807) is 11.0 Å². The first-order chi connectivity index (χ1) is 8.58. The molecule has 98 valence electrons. The summed E-state index contributed by atoms with van der Waals surface area (Å²) >= 11 is 5.70. The molecule has 1 aliphatic heterocycles. The number of halogens is 2. The molecule has 6 heteroatoms. The van der Waals surface area contributed by atoms with Crippen molar-refractivity contribution in [2.75, 3.05) is 19.8 Å². The van der Waals surface area contributed by atoms with Gasteiger partial charge in [0.05, 0.1) is 18.2 Å². The van der Waals surface area contributed by atoms with E-state index in [0.29, 0.717) is 19.7 Å². The van der Waals surface area contributed by atoms with Gasteiger partial charge in [0.25, 0.3) is 0 Å². The highest BCUT2D eigenvalue weighted by Crippen LogP contribution is 2.19. The molecule has 0 aliphatic carbocycles. The minimum Gasteiger partial charge on any atom is -0.480 e. The first-order valence-corrected chi connectivity index (χ1v) is 5.94. The Morgan fingerprint density at radius 3 is 3.06 bits per heavy atom. The van der Waals surface area contributed by atoms with Crippen LogP contribution < -0.4 is 0 Å². The fourth-order valence-electron chi connectivity index (χ4n) is 1.93. The summed E-state index contributed by atoms with van der Waals surface area (Å²) in [6.45, 7) is 1.62. The normalized spacial score (nSPS) is 20.9. The van der Waals surface area contributed by atoms with Gasteiger partial charge in [0.2, 0.25) is 0 Å². The molecular weight excluding hydrogens is 261 g/mol. The third-order valence-corrected chi connectivity index (χ3v) is 3.18. The Bertz CT molecular complexity index is 455. The molecule has 1 aromatic rings. The predicted octanol–water partition coefficient (Wildman–Crippen LogP) is 1.76. The lowest BCUT2D eigenvalue weighted by Crippen LogP contribution is -2.49. The smallest absolute Gasteiger partial charge is 0.323 e. The zero-order valence-corrected chi connectivity index (χ0v) is 10.4. The zero-order valence-electron chi connectivity index (χ0n) is 9.60. The summed E-state index contributed by atoms with van der Waals surface area (Å²) in [6, 6.07) is 3.75. The number of nitrogens with zero attached hydrogens (tertiary/aromatic N) is 1. The van der Waals surface area contributed by atoms with Crippen LogP contribution in [0, 0.1) is 5.82 Å². The van der Waals surface area contributed by atoms with E-state index < -0.39 is 17.8 Å². The number of aliphatic carboxylic acids is 1. The molecule has 1 fully saturated rings. The maximum atomic E-state index is 13.0. The van der Waals surface area contributed by atoms with Crippen LogP contribution in [-0.4, -0.2) is 41.8 Å². The van der Waals surface area contributed by atoms with Crippen LogP contribution in [-0.2, 0) is 16.1 Å². The Kier molecular flexibility index (Phi) is 4.16. The SMILES string of the molecule is O=C(O)C1COCCN1Cc1ccc(F)c(Cl)c1. The summed E-state index contributed by atoms with van der Waals surface area (Å²) in [4.78, 5) is 12.9. The van der Waals surface area contributed by atoms with Gasteiger partial charge >= 0.3 is 5.97 Å². The molecular formula is C12H13ClFNO3. The second-order valence-electron chi connectivity index (χ2n) is 4.15. The number of carbonyl (C=O) groups is 1. The van der Waals surface area contributed by atoms with Gasteiger partial charge in [-0.25, -0.2) is 4.39 Å². The van der Waals surface area contributed by atoms with Crippen LogP contribution in [0.2, 0.25) is 5.02 Å². The van der Waals surface area contributed by atoms with Gasteiger partial charge in [-0.05, 0) is 17.7 Å². The topological polar surface area (TPSA) is 49.8 Å². The molecule has 1 aromatic carbocycles. The highest BCUT2D eigenvalue weighted by molar-refractivity contribution is 6.30. The van der Waals surface area contributed by atoms with Crippen LogP contribution in [0.1, 0.15) is 5.56 Å². The molecule has 1 N–H and O–H groups in total. The van der Waals surface area contributed by atoms with Gasteiger partial charge in [0.1, 0.15) is 11.9 Å². The molecule has 1 aliphatic rings. The minimum absolute atomic E-state index is 0.0487. The standard InChI is InChI=1S/C12H13ClFNO3/c13-9-5-8(1-2-10(9)14)6-15-3-4-18-7-11(15)12(16)17/h1-2,5,11H,3-4,6-7H2,(H,16,17). The van der Waals surface area contributed by atoms with Crippen molar-refractivity contribution in [3.8, 4) is 0 Å². The third kappa shape index (κ3) is 2.98. The van der Waals surface area contributed by atoms with E-state index in [-0.39, 0.29) is 11.6 Å². The van der Waals surface area contributed by atoms with Crippen molar-refractivity contribution in [2.24, 2.45) is 0 Å². The van der Waals surface area contributed by atoms with E-state index in [4.69, 9.17) is 21.4 Å². The summed E-state index contributed by atoms with van der Waals surface area (Å²) in [5.74, 6) is -1.39. The Labute approximate surface area is 109 Å². The van der Waals surface area contributed by atoms with Gasteiger partial charge in [-0.2, -0.15) is 0 Å². The number of benzene rings is 1. The van der Waals surface area contributed by atoms with Gasteiger partial charge in [-0.15, -0.1) is 0 Å². The summed E-state index contributed by atoms with van der Waals surface area (Å²) < 4.78 is 18.2. The third-order valence-electron chi connectivity index (χ3n) is 2.89. The maximum absolute atomic E-state index is 13.0. The Balaban J connectivity index is 2.10. The molecule has 2 rings (SSSR count). The molecule has 1 atom stereocenters. The number of hydrogen-bond donors (Lipinski definition) is 1. The molecule has 1 saturated heterocycles. The molecule has 0 amide bonds. The van der Waals surface area contributed by atoms with Crippen molar-refractivity contribution >= 4 is 17.6 Å².